The summed E-state index contributed by atoms with van der Waals surface area (Å²) in [6, 6.07) is 3.22. The molecule has 1 aromatic rings. The van der Waals surface area contributed by atoms with Crippen molar-refractivity contribution >= 4 is 28.7 Å². The van der Waals surface area contributed by atoms with Gasteiger partial charge in [0.1, 0.15) is 5.69 Å². The minimum Gasteiger partial charge on any atom is -0.465 e. The molecule has 1 aliphatic carbocycles. The Morgan fingerprint density at radius 2 is 2.12 bits per heavy atom. The number of benzene rings is 1. The molecule has 0 radical (unpaired) electrons. The molecule has 0 amide bonds. The van der Waals surface area contributed by atoms with Crippen molar-refractivity contribution < 1.29 is 19.4 Å². The summed E-state index contributed by atoms with van der Waals surface area (Å²) >= 11 is 0. The Morgan fingerprint density at radius 3 is 2.75 bits per heavy atom. The first-order valence-corrected chi connectivity index (χ1v) is 7.36. The fraction of sp³-hybridized carbons (Fsp3) is 0.429. The van der Waals surface area contributed by atoms with Crippen LogP contribution >= 0.6 is 0 Å². The summed E-state index contributed by atoms with van der Waals surface area (Å²) in [6.07, 6.45) is 1.96. The number of carbonyl (C=O) groups excluding carboxylic acids is 1. The normalized spacial score (nSPS) is 18.4. The summed E-state index contributed by atoms with van der Waals surface area (Å²) in [7, 11) is 0. The number of hydrogen-bond donors (Lipinski definition) is 1. The highest BCUT2D eigenvalue weighted by Crippen LogP contribution is 2.30. The quantitative estimate of drug-likeness (QED) is 0.479. The van der Waals surface area contributed by atoms with Crippen molar-refractivity contribution in [2.75, 3.05) is 12.0 Å². The van der Waals surface area contributed by atoms with Crippen LogP contribution in [0.1, 0.15) is 26.2 Å². The number of ether oxygens (including phenoxy) is 1. The van der Waals surface area contributed by atoms with Crippen molar-refractivity contribution in [3.8, 4) is 0 Å². The van der Waals surface area contributed by atoms with Crippen molar-refractivity contribution in [3.63, 3.8) is 0 Å². The van der Waals surface area contributed by atoms with E-state index in [4.69, 9.17) is 4.74 Å². The van der Waals surface area contributed by atoms with Crippen molar-refractivity contribution in [1.82, 2.24) is 0 Å². The number of hydrazone groups is 1. The number of esters is 1. The molecule has 1 aromatic carbocycles. The lowest BCUT2D eigenvalue weighted by molar-refractivity contribution is -0.393. The maximum atomic E-state index is 11.8. The van der Waals surface area contributed by atoms with Crippen molar-refractivity contribution in [3.05, 3.63) is 38.4 Å². The Hall–Kier alpha value is -3.04. The predicted octanol–water partition coefficient (Wildman–Crippen LogP) is 2.63. The minimum atomic E-state index is -0.729. The van der Waals surface area contributed by atoms with E-state index in [0.29, 0.717) is 18.6 Å². The summed E-state index contributed by atoms with van der Waals surface area (Å²) in [5.41, 5.74) is 2.28. The average molecular weight is 336 g/mol. The highest BCUT2D eigenvalue weighted by molar-refractivity contribution is 6.03. The van der Waals surface area contributed by atoms with Gasteiger partial charge in [-0.1, -0.05) is 0 Å². The van der Waals surface area contributed by atoms with Gasteiger partial charge in [-0.25, -0.2) is 0 Å². The van der Waals surface area contributed by atoms with E-state index in [9.17, 15) is 25.0 Å². The number of rotatable bonds is 6. The highest BCUT2D eigenvalue weighted by Gasteiger charge is 2.31. The summed E-state index contributed by atoms with van der Waals surface area (Å²) in [5, 5.41) is 25.9. The Bertz CT molecular complexity index is 703. The van der Waals surface area contributed by atoms with Crippen LogP contribution in [0, 0.1) is 26.1 Å². The largest absolute Gasteiger partial charge is 0.465 e. The van der Waals surface area contributed by atoms with Crippen molar-refractivity contribution in [2.45, 2.75) is 26.2 Å². The van der Waals surface area contributed by atoms with Crippen LogP contribution in [0.4, 0.5) is 17.1 Å². The van der Waals surface area contributed by atoms with Crippen LogP contribution in [0.2, 0.25) is 0 Å². The first-order chi connectivity index (χ1) is 11.4. The molecule has 2 rings (SSSR count). The van der Waals surface area contributed by atoms with Gasteiger partial charge in [-0.05, 0) is 32.3 Å². The molecule has 0 bridgehead atoms. The summed E-state index contributed by atoms with van der Waals surface area (Å²) in [6.45, 7) is 1.98. The molecule has 0 spiro atoms. The monoisotopic (exact) mass is 336 g/mol. The van der Waals surface area contributed by atoms with Gasteiger partial charge in [0.05, 0.1) is 34.1 Å². The molecular formula is C14H16N4O6. The molecule has 0 aliphatic heterocycles. The molecule has 1 fully saturated rings. The van der Waals surface area contributed by atoms with Crippen LogP contribution in [0.5, 0.6) is 0 Å². The van der Waals surface area contributed by atoms with Crippen LogP contribution in [0.15, 0.2) is 23.3 Å². The van der Waals surface area contributed by atoms with E-state index < -0.39 is 21.5 Å². The van der Waals surface area contributed by atoms with Crippen LogP contribution < -0.4 is 5.43 Å². The van der Waals surface area contributed by atoms with Gasteiger partial charge in [0.25, 0.3) is 5.69 Å². The third-order valence-electron chi connectivity index (χ3n) is 3.61. The Kier molecular flexibility index (Phi) is 5.40. The number of nitrogens with zero attached hydrogens (tertiary/aromatic N) is 3. The molecule has 0 heterocycles. The lowest BCUT2D eigenvalue weighted by Gasteiger charge is -2.10. The second kappa shape index (κ2) is 7.49. The lowest BCUT2D eigenvalue weighted by atomic mass is 10.1. The van der Waals surface area contributed by atoms with Crippen molar-refractivity contribution in [2.24, 2.45) is 11.0 Å². The molecule has 1 N–H and O–H groups in total. The number of nitro benzene ring substituents is 2. The second-order valence-corrected chi connectivity index (χ2v) is 5.13. The Labute approximate surface area is 136 Å². The number of nitro groups is 2. The zero-order chi connectivity index (χ0) is 17.7. The Morgan fingerprint density at radius 1 is 1.38 bits per heavy atom. The lowest BCUT2D eigenvalue weighted by Crippen LogP contribution is -2.22. The van der Waals surface area contributed by atoms with E-state index in [1.165, 1.54) is 6.07 Å². The summed E-state index contributed by atoms with van der Waals surface area (Å²) in [4.78, 5) is 32.2. The van der Waals surface area contributed by atoms with E-state index in [2.05, 4.69) is 10.5 Å². The molecule has 10 nitrogen and oxygen atoms in total. The minimum absolute atomic E-state index is 0.0209. The van der Waals surface area contributed by atoms with Crippen LogP contribution in [0.3, 0.4) is 0 Å². The molecule has 0 unspecified atom stereocenters. The number of anilines is 1. The van der Waals surface area contributed by atoms with Crippen molar-refractivity contribution in [1.29, 1.82) is 0 Å². The first kappa shape index (κ1) is 17.3. The smallest absolute Gasteiger partial charge is 0.314 e. The fourth-order valence-electron chi connectivity index (χ4n) is 2.47. The van der Waals surface area contributed by atoms with Crippen LogP contribution in [-0.2, 0) is 9.53 Å². The SMILES string of the molecule is CCOC(=O)[C@@H]1CCC/C1=N\Nc1ccc([N+](=O)[O-])cc1[N+](=O)[O-]. The van der Waals surface area contributed by atoms with Gasteiger partial charge in [-0.3, -0.25) is 30.4 Å². The maximum Gasteiger partial charge on any atom is 0.314 e. The molecule has 0 saturated heterocycles. The number of hydrogen-bond acceptors (Lipinski definition) is 8. The van der Waals surface area contributed by atoms with E-state index in [1.54, 1.807) is 6.92 Å². The third kappa shape index (κ3) is 3.83. The Balaban J connectivity index is 2.22. The van der Waals surface area contributed by atoms with E-state index in [0.717, 1.165) is 18.6 Å². The summed E-state index contributed by atoms with van der Waals surface area (Å²) < 4.78 is 4.98. The fourth-order valence-corrected chi connectivity index (χ4v) is 2.47. The van der Waals surface area contributed by atoms with E-state index >= 15 is 0 Å². The zero-order valence-corrected chi connectivity index (χ0v) is 12.9. The van der Waals surface area contributed by atoms with Crippen LogP contribution in [0.25, 0.3) is 0 Å². The van der Waals surface area contributed by atoms with Gasteiger partial charge in [-0.15, -0.1) is 0 Å². The zero-order valence-electron chi connectivity index (χ0n) is 12.9. The standard InChI is InChI=1S/C14H16N4O6/c1-2-24-14(19)10-4-3-5-11(10)15-16-12-7-6-9(17(20)21)8-13(12)18(22)23/h6-8,10,16H,2-5H2,1H3/b15-11+/t10-/m1/s1. The van der Waals surface area contributed by atoms with Gasteiger partial charge in [-0.2, -0.15) is 5.10 Å². The number of nitrogens with one attached hydrogen (secondary N) is 1. The molecular weight excluding hydrogens is 320 g/mol. The molecule has 10 heteroatoms. The molecule has 1 aliphatic rings. The van der Waals surface area contributed by atoms with Gasteiger partial charge in [0, 0.05) is 6.07 Å². The summed E-state index contributed by atoms with van der Waals surface area (Å²) in [5.74, 6) is -0.830. The highest BCUT2D eigenvalue weighted by atomic mass is 16.6. The van der Waals surface area contributed by atoms with Gasteiger partial charge in [0.15, 0.2) is 0 Å². The second-order valence-electron chi connectivity index (χ2n) is 5.13. The topological polar surface area (TPSA) is 137 Å². The first-order valence-electron chi connectivity index (χ1n) is 7.36. The van der Waals surface area contributed by atoms with Gasteiger partial charge < -0.3 is 4.74 Å². The van der Waals surface area contributed by atoms with E-state index in [-0.39, 0.29) is 24.0 Å². The van der Waals surface area contributed by atoms with Crippen LogP contribution in [-0.4, -0.2) is 28.1 Å². The third-order valence-corrected chi connectivity index (χ3v) is 3.61. The van der Waals surface area contributed by atoms with E-state index in [1.807, 2.05) is 0 Å². The number of carbonyl (C=O) groups is 1. The molecule has 1 atom stereocenters. The molecule has 0 aromatic heterocycles. The molecule has 24 heavy (non-hydrogen) atoms. The number of non-ortho nitro benzene ring substituents is 1. The molecule has 128 valence electrons. The van der Waals surface area contributed by atoms with Gasteiger partial charge >= 0.3 is 11.7 Å². The molecule has 1 saturated carbocycles. The average Bonchev–Trinajstić information content (AvgIpc) is 3.01. The maximum absolute atomic E-state index is 11.8. The predicted molar refractivity (Wildman–Crippen MR) is 84.8 cm³/mol. The van der Waals surface area contributed by atoms with Gasteiger partial charge in [0.2, 0.25) is 0 Å².